The highest BCUT2D eigenvalue weighted by atomic mass is 16.7. The summed E-state index contributed by atoms with van der Waals surface area (Å²) in [4.78, 5) is 33.1. The van der Waals surface area contributed by atoms with Crippen LogP contribution in [-0.2, 0) is 4.79 Å². The molecular formula is C31H32N4O4. The number of imidazole rings is 1. The number of amides is 2. The third-order valence-corrected chi connectivity index (χ3v) is 6.44. The summed E-state index contributed by atoms with van der Waals surface area (Å²) in [5.41, 5.74) is 5.28. The normalized spacial score (nSPS) is 12.0. The monoisotopic (exact) mass is 524 g/mol. The Morgan fingerprint density at radius 3 is 2.31 bits per heavy atom. The van der Waals surface area contributed by atoms with Gasteiger partial charge in [0.2, 0.25) is 18.6 Å². The SMILES string of the molecule is Cc1ccc(-c2cn(-c3ccc(C)cc3)c(NC(=O)CN(CC(C)C)C(=O)c3ccc4c(c3)OCO4)n2)cc1. The number of benzene rings is 3. The Bertz CT molecular complexity index is 1490. The van der Waals surface area contributed by atoms with Gasteiger partial charge in [0.25, 0.3) is 5.91 Å². The molecule has 2 amide bonds. The van der Waals surface area contributed by atoms with E-state index in [9.17, 15) is 9.59 Å². The molecule has 39 heavy (non-hydrogen) atoms. The summed E-state index contributed by atoms with van der Waals surface area (Å²) in [6.45, 7) is 8.51. The summed E-state index contributed by atoms with van der Waals surface area (Å²) >= 11 is 0. The molecule has 0 radical (unpaired) electrons. The van der Waals surface area contributed by atoms with Crippen molar-refractivity contribution >= 4 is 17.8 Å². The summed E-state index contributed by atoms with van der Waals surface area (Å²) in [7, 11) is 0. The fraction of sp³-hybridized carbons (Fsp3) is 0.258. The van der Waals surface area contributed by atoms with E-state index < -0.39 is 0 Å². The lowest BCUT2D eigenvalue weighted by Gasteiger charge is -2.24. The van der Waals surface area contributed by atoms with Crippen molar-refractivity contribution in [1.29, 1.82) is 0 Å². The molecule has 0 saturated carbocycles. The minimum absolute atomic E-state index is 0.119. The van der Waals surface area contributed by atoms with Crippen LogP contribution < -0.4 is 14.8 Å². The van der Waals surface area contributed by atoms with E-state index in [1.807, 2.05) is 87.0 Å². The van der Waals surface area contributed by atoms with Gasteiger partial charge in [0.1, 0.15) is 6.54 Å². The average molecular weight is 525 g/mol. The zero-order valence-corrected chi connectivity index (χ0v) is 22.6. The van der Waals surface area contributed by atoms with Gasteiger partial charge in [-0.25, -0.2) is 4.98 Å². The van der Waals surface area contributed by atoms with Crippen LogP contribution in [-0.4, -0.2) is 46.1 Å². The Hall–Kier alpha value is -4.59. The highest BCUT2D eigenvalue weighted by Gasteiger charge is 2.24. The number of aromatic nitrogens is 2. The number of ether oxygens (including phenoxy) is 2. The number of hydrogen-bond donors (Lipinski definition) is 1. The number of rotatable bonds is 8. The molecule has 0 fully saturated rings. The summed E-state index contributed by atoms with van der Waals surface area (Å²) < 4.78 is 12.7. The number of hydrogen-bond acceptors (Lipinski definition) is 5. The Labute approximate surface area is 228 Å². The van der Waals surface area contributed by atoms with Crippen LogP contribution in [0, 0.1) is 19.8 Å². The van der Waals surface area contributed by atoms with E-state index in [2.05, 4.69) is 5.32 Å². The lowest BCUT2D eigenvalue weighted by Crippen LogP contribution is -2.40. The zero-order chi connectivity index (χ0) is 27.5. The molecular weight excluding hydrogens is 492 g/mol. The fourth-order valence-corrected chi connectivity index (χ4v) is 4.44. The second-order valence-electron chi connectivity index (χ2n) is 10.2. The van der Waals surface area contributed by atoms with Crippen LogP contribution in [0.2, 0.25) is 0 Å². The Balaban J connectivity index is 1.40. The predicted molar refractivity (Wildman–Crippen MR) is 150 cm³/mol. The minimum Gasteiger partial charge on any atom is -0.454 e. The van der Waals surface area contributed by atoms with E-state index in [-0.39, 0.29) is 31.1 Å². The summed E-state index contributed by atoms with van der Waals surface area (Å²) in [6, 6.07) is 21.2. The van der Waals surface area contributed by atoms with Gasteiger partial charge >= 0.3 is 0 Å². The average Bonchev–Trinajstić information content (AvgIpc) is 3.55. The highest BCUT2D eigenvalue weighted by Crippen LogP contribution is 2.33. The first-order chi connectivity index (χ1) is 18.8. The number of fused-ring (bicyclic) bond motifs is 1. The van der Waals surface area contributed by atoms with Gasteiger partial charge in [0.15, 0.2) is 11.5 Å². The van der Waals surface area contributed by atoms with Gasteiger partial charge in [0, 0.05) is 29.6 Å². The molecule has 4 aromatic rings. The van der Waals surface area contributed by atoms with Crippen LogP contribution in [0.1, 0.15) is 35.3 Å². The van der Waals surface area contributed by atoms with Crippen molar-refractivity contribution in [2.24, 2.45) is 5.92 Å². The van der Waals surface area contributed by atoms with Crippen molar-refractivity contribution < 1.29 is 19.1 Å². The molecule has 1 aliphatic heterocycles. The second kappa shape index (κ2) is 11.0. The van der Waals surface area contributed by atoms with E-state index in [4.69, 9.17) is 14.5 Å². The van der Waals surface area contributed by atoms with Gasteiger partial charge < -0.3 is 14.4 Å². The topological polar surface area (TPSA) is 85.7 Å². The molecule has 0 spiro atoms. The standard InChI is InChI=1S/C31H32N4O4/c1-20(2)16-34(30(37)24-11-14-27-28(15-24)39-19-38-27)18-29(36)33-31-32-26(23-9-5-21(3)6-10-23)17-35(31)25-12-7-22(4)8-13-25/h5-15,17,20H,16,18-19H2,1-4H3,(H,32,33,36). The molecule has 0 atom stereocenters. The zero-order valence-electron chi connectivity index (χ0n) is 22.6. The second-order valence-corrected chi connectivity index (χ2v) is 10.2. The number of anilines is 1. The molecule has 3 aromatic carbocycles. The van der Waals surface area contributed by atoms with Crippen LogP contribution in [0.4, 0.5) is 5.95 Å². The van der Waals surface area contributed by atoms with E-state index >= 15 is 0 Å². The van der Waals surface area contributed by atoms with E-state index in [1.54, 1.807) is 23.1 Å². The number of carbonyl (C=O) groups is 2. The van der Waals surface area contributed by atoms with Crippen molar-refractivity contribution in [3.8, 4) is 28.4 Å². The van der Waals surface area contributed by atoms with Gasteiger partial charge in [-0.1, -0.05) is 61.4 Å². The van der Waals surface area contributed by atoms with Crippen molar-refractivity contribution in [2.75, 3.05) is 25.2 Å². The largest absolute Gasteiger partial charge is 0.454 e. The predicted octanol–water partition coefficient (Wildman–Crippen LogP) is 5.62. The fourth-order valence-electron chi connectivity index (χ4n) is 4.44. The van der Waals surface area contributed by atoms with Crippen LogP contribution in [0.25, 0.3) is 16.9 Å². The van der Waals surface area contributed by atoms with E-state index in [1.165, 1.54) is 0 Å². The van der Waals surface area contributed by atoms with Crippen LogP contribution in [0.5, 0.6) is 11.5 Å². The van der Waals surface area contributed by atoms with Crippen LogP contribution in [0.15, 0.2) is 72.9 Å². The maximum absolute atomic E-state index is 13.4. The van der Waals surface area contributed by atoms with Crippen molar-refractivity contribution in [1.82, 2.24) is 14.5 Å². The molecule has 0 aliphatic carbocycles. The Morgan fingerprint density at radius 2 is 1.62 bits per heavy atom. The van der Waals surface area contributed by atoms with Crippen LogP contribution >= 0.6 is 0 Å². The Morgan fingerprint density at radius 1 is 0.949 bits per heavy atom. The van der Waals surface area contributed by atoms with Gasteiger partial charge in [0.05, 0.1) is 5.69 Å². The number of nitrogens with one attached hydrogen (secondary N) is 1. The lowest BCUT2D eigenvalue weighted by atomic mass is 10.1. The molecule has 8 nitrogen and oxygen atoms in total. The van der Waals surface area contributed by atoms with Gasteiger partial charge in [-0.15, -0.1) is 0 Å². The summed E-state index contributed by atoms with van der Waals surface area (Å²) in [5, 5.41) is 2.95. The first-order valence-corrected chi connectivity index (χ1v) is 13.0. The van der Waals surface area contributed by atoms with E-state index in [0.29, 0.717) is 29.6 Å². The van der Waals surface area contributed by atoms with Crippen molar-refractivity contribution in [3.63, 3.8) is 0 Å². The molecule has 0 unspecified atom stereocenters. The summed E-state index contributed by atoms with van der Waals surface area (Å²) in [5.74, 6) is 1.10. The van der Waals surface area contributed by atoms with Gasteiger partial charge in [-0.2, -0.15) is 0 Å². The summed E-state index contributed by atoms with van der Waals surface area (Å²) in [6.07, 6.45) is 1.91. The number of nitrogens with zero attached hydrogens (tertiary/aromatic N) is 3. The minimum atomic E-state index is -0.334. The van der Waals surface area contributed by atoms with Gasteiger partial charge in [-0.05, 0) is 50.1 Å². The molecule has 8 heteroatoms. The van der Waals surface area contributed by atoms with E-state index in [0.717, 1.165) is 28.1 Å². The Kier molecular flexibility index (Phi) is 7.36. The molecule has 1 aromatic heterocycles. The molecule has 1 aliphatic rings. The molecule has 0 bridgehead atoms. The lowest BCUT2D eigenvalue weighted by molar-refractivity contribution is -0.117. The number of aryl methyl sites for hydroxylation is 2. The first-order valence-electron chi connectivity index (χ1n) is 13.0. The highest BCUT2D eigenvalue weighted by molar-refractivity contribution is 5.99. The quantitative estimate of drug-likeness (QED) is 0.323. The smallest absolute Gasteiger partial charge is 0.254 e. The molecule has 5 rings (SSSR count). The molecule has 2 heterocycles. The molecule has 1 N–H and O–H groups in total. The third kappa shape index (κ3) is 5.95. The number of carbonyl (C=O) groups excluding carboxylic acids is 2. The maximum Gasteiger partial charge on any atom is 0.254 e. The molecule has 200 valence electrons. The third-order valence-electron chi connectivity index (χ3n) is 6.44. The van der Waals surface area contributed by atoms with Crippen molar-refractivity contribution in [3.05, 3.63) is 89.6 Å². The van der Waals surface area contributed by atoms with Gasteiger partial charge in [-0.3, -0.25) is 19.5 Å². The molecule has 0 saturated heterocycles. The maximum atomic E-state index is 13.4. The van der Waals surface area contributed by atoms with Crippen molar-refractivity contribution in [2.45, 2.75) is 27.7 Å². The first kappa shape index (κ1) is 26.0. The van der Waals surface area contributed by atoms with Crippen LogP contribution in [0.3, 0.4) is 0 Å².